The first kappa shape index (κ1) is 20.0. The van der Waals surface area contributed by atoms with E-state index in [0.29, 0.717) is 25.9 Å². The number of nitrogens with one attached hydrogen (secondary N) is 1. The Labute approximate surface area is 169 Å². The maximum Gasteiger partial charge on any atom is 0.243 e. The molecule has 0 aromatic heterocycles. The maximum absolute atomic E-state index is 12.9. The third-order valence-electron chi connectivity index (χ3n) is 4.88. The highest BCUT2D eigenvalue weighted by Gasteiger charge is 2.39. The lowest BCUT2D eigenvalue weighted by atomic mass is 10.1. The Morgan fingerprint density at radius 3 is 2.59 bits per heavy atom. The molecule has 0 saturated carbocycles. The molecule has 0 radical (unpaired) electrons. The van der Waals surface area contributed by atoms with Crippen molar-refractivity contribution in [2.24, 2.45) is 0 Å². The highest BCUT2D eigenvalue weighted by Crippen LogP contribution is 2.27. The number of benzene rings is 2. The van der Waals surface area contributed by atoms with Crippen LogP contribution >= 0.6 is 15.9 Å². The van der Waals surface area contributed by atoms with Crippen molar-refractivity contribution >= 4 is 31.9 Å². The SMILES string of the molecule is Cc1ccccc1CCNC(=O)C1CCCN1S(=O)(=O)c1ccc(Br)cc1. The van der Waals surface area contributed by atoms with Crippen LogP contribution in [0.5, 0.6) is 0 Å². The van der Waals surface area contributed by atoms with Gasteiger partial charge in [0.25, 0.3) is 0 Å². The number of hydrogen-bond acceptors (Lipinski definition) is 3. The van der Waals surface area contributed by atoms with E-state index < -0.39 is 16.1 Å². The Kier molecular flexibility index (Phi) is 6.34. The second-order valence-electron chi connectivity index (χ2n) is 6.70. The molecule has 2 aromatic carbocycles. The Morgan fingerprint density at radius 2 is 1.89 bits per heavy atom. The van der Waals surface area contributed by atoms with Crippen LogP contribution in [-0.2, 0) is 21.2 Å². The van der Waals surface area contributed by atoms with E-state index in [1.54, 1.807) is 24.3 Å². The van der Waals surface area contributed by atoms with E-state index in [0.717, 1.165) is 10.9 Å². The van der Waals surface area contributed by atoms with Gasteiger partial charge >= 0.3 is 0 Å². The van der Waals surface area contributed by atoms with Gasteiger partial charge in [0.05, 0.1) is 4.90 Å². The first-order chi connectivity index (χ1) is 12.9. The molecule has 0 bridgehead atoms. The van der Waals surface area contributed by atoms with Gasteiger partial charge in [-0.3, -0.25) is 4.79 Å². The largest absolute Gasteiger partial charge is 0.354 e. The first-order valence-corrected chi connectivity index (χ1v) is 11.2. The standard InChI is InChI=1S/C20H23BrN2O3S/c1-15-5-2-3-6-16(15)12-13-22-20(24)19-7-4-14-23(19)27(25,26)18-10-8-17(21)9-11-18/h2-3,5-6,8-11,19H,4,7,12-14H2,1H3,(H,22,24). The van der Waals surface area contributed by atoms with E-state index in [-0.39, 0.29) is 10.8 Å². The second kappa shape index (κ2) is 8.54. The van der Waals surface area contributed by atoms with Crippen LogP contribution in [0.3, 0.4) is 0 Å². The van der Waals surface area contributed by atoms with Crippen molar-refractivity contribution < 1.29 is 13.2 Å². The summed E-state index contributed by atoms with van der Waals surface area (Å²) in [5, 5.41) is 2.91. The van der Waals surface area contributed by atoms with Crippen molar-refractivity contribution in [3.63, 3.8) is 0 Å². The Morgan fingerprint density at radius 1 is 1.19 bits per heavy atom. The number of aryl methyl sites for hydroxylation is 1. The molecule has 1 saturated heterocycles. The molecule has 27 heavy (non-hydrogen) atoms. The molecule has 1 heterocycles. The number of halogens is 1. The van der Waals surface area contributed by atoms with Crippen LogP contribution in [0, 0.1) is 6.92 Å². The van der Waals surface area contributed by atoms with Crippen molar-refractivity contribution in [2.45, 2.75) is 37.1 Å². The van der Waals surface area contributed by atoms with E-state index in [1.165, 1.54) is 15.4 Å². The minimum atomic E-state index is -3.68. The van der Waals surface area contributed by atoms with Crippen LogP contribution < -0.4 is 5.32 Å². The summed E-state index contributed by atoms with van der Waals surface area (Å²) in [5.41, 5.74) is 2.37. The second-order valence-corrected chi connectivity index (χ2v) is 9.50. The van der Waals surface area contributed by atoms with E-state index >= 15 is 0 Å². The van der Waals surface area contributed by atoms with E-state index in [1.807, 2.05) is 31.2 Å². The van der Waals surface area contributed by atoms with Crippen LogP contribution in [-0.4, -0.2) is 37.8 Å². The van der Waals surface area contributed by atoms with Crippen LogP contribution in [0.15, 0.2) is 57.9 Å². The van der Waals surface area contributed by atoms with Crippen LogP contribution in [0.1, 0.15) is 24.0 Å². The topological polar surface area (TPSA) is 66.5 Å². The van der Waals surface area contributed by atoms with E-state index in [9.17, 15) is 13.2 Å². The van der Waals surface area contributed by atoms with Gasteiger partial charge in [-0.25, -0.2) is 8.42 Å². The fourth-order valence-electron chi connectivity index (χ4n) is 3.36. The van der Waals surface area contributed by atoms with Crippen LogP contribution in [0.2, 0.25) is 0 Å². The molecule has 7 heteroatoms. The van der Waals surface area contributed by atoms with Gasteiger partial charge in [-0.2, -0.15) is 4.31 Å². The van der Waals surface area contributed by atoms with Gasteiger partial charge in [-0.15, -0.1) is 0 Å². The molecule has 3 rings (SSSR count). The van der Waals surface area contributed by atoms with Crippen molar-refractivity contribution in [3.05, 3.63) is 64.1 Å². The highest BCUT2D eigenvalue weighted by atomic mass is 79.9. The number of rotatable bonds is 6. The molecule has 1 fully saturated rings. The number of amides is 1. The van der Waals surface area contributed by atoms with Gasteiger partial charge < -0.3 is 5.32 Å². The van der Waals surface area contributed by atoms with Gasteiger partial charge in [0, 0.05) is 17.6 Å². The Hall–Kier alpha value is -1.70. The zero-order valence-electron chi connectivity index (χ0n) is 15.2. The summed E-state index contributed by atoms with van der Waals surface area (Å²) in [5.74, 6) is -0.221. The lowest BCUT2D eigenvalue weighted by Crippen LogP contribution is -2.46. The van der Waals surface area contributed by atoms with E-state index in [4.69, 9.17) is 0 Å². The molecular weight excluding hydrogens is 428 g/mol. The summed E-state index contributed by atoms with van der Waals surface area (Å²) in [4.78, 5) is 12.9. The lowest BCUT2D eigenvalue weighted by Gasteiger charge is -2.23. The van der Waals surface area contributed by atoms with Crippen LogP contribution in [0.25, 0.3) is 0 Å². The third kappa shape index (κ3) is 4.59. The molecule has 1 aliphatic heterocycles. The molecule has 0 spiro atoms. The number of hydrogen-bond donors (Lipinski definition) is 1. The third-order valence-corrected chi connectivity index (χ3v) is 7.33. The van der Waals surface area contributed by atoms with Crippen molar-refractivity contribution in [2.75, 3.05) is 13.1 Å². The normalized spacial score (nSPS) is 17.8. The molecule has 1 N–H and O–H groups in total. The summed E-state index contributed by atoms with van der Waals surface area (Å²) < 4.78 is 28.0. The number of sulfonamides is 1. The molecule has 1 amide bonds. The summed E-state index contributed by atoms with van der Waals surface area (Å²) in [6, 6.07) is 13.9. The fraction of sp³-hybridized carbons (Fsp3) is 0.350. The molecule has 1 aliphatic rings. The van der Waals surface area contributed by atoms with Crippen molar-refractivity contribution in [3.8, 4) is 0 Å². The Balaban J connectivity index is 1.65. The summed E-state index contributed by atoms with van der Waals surface area (Å²) >= 11 is 3.31. The molecule has 0 aliphatic carbocycles. The van der Waals surface area contributed by atoms with Gasteiger partial charge in [0.2, 0.25) is 15.9 Å². The van der Waals surface area contributed by atoms with Gasteiger partial charge in [-0.05, 0) is 61.6 Å². The summed E-state index contributed by atoms with van der Waals surface area (Å²) in [6.45, 7) is 2.90. The van der Waals surface area contributed by atoms with Crippen molar-refractivity contribution in [1.29, 1.82) is 0 Å². The quantitative estimate of drug-likeness (QED) is 0.733. The molecular formula is C20H23BrN2O3S. The van der Waals surface area contributed by atoms with Gasteiger partial charge in [-0.1, -0.05) is 40.2 Å². The number of carbonyl (C=O) groups excluding carboxylic acids is 1. The summed E-state index contributed by atoms with van der Waals surface area (Å²) in [6.07, 6.45) is 1.96. The molecule has 1 atom stereocenters. The zero-order valence-corrected chi connectivity index (χ0v) is 17.6. The van der Waals surface area contributed by atoms with Crippen LogP contribution in [0.4, 0.5) is 0 Å². The fourth-order valence-corrected chi connectivity index (χ4v) is 5.28. The smallest absolute Gasteiger partial charge is 0.243 e. The molecule has 2 aromatic rings. The number of nitrogens with zero attached hydrogens (tertiary/aromatic N) is 1. The van der Waals surface area contributed by atoms with E-state index in [2.05, 4.69) is 21.2 Å². The predicted octanol–water partition coefficient (Wildman–Crippen LogP) is 3.27. The zero-order chi connectivity index (χ0) is 19.4. The lowest BCUT2D eigenvalue weighted by molar-refractivity contribution is -0.124. The van der Waals surface area contributed by atoms with Crippen molar-refractivity contribution in [1.82, 2.24) is 9.62 Å². The molecule has 144 valence electrons. The van der Waals surface area contributed by atoms with Gasteiger partial charge in [0.1, 0.15) is 6.04 Å². The minimum absolute atomic E-state index is 0.213. The number of carbonyl (C=O) groups is 1. The monoisotopic (exact) mass is 450 g/mol. The highest BCUT2D eigenvalue weighted by molar-refractivity contribution is 9.10. The average Bonchev–Trinajstić information content (AvgIpc) is 3.14. The maximum atomic E-state index is 12.9. The molecule has 5 nitrogen and oxygen atoms in total. The van der Waals surface area contributed by atoms with Gasteiger partial charge in [0.15, 0.2) is 0 Å². The minimum Gasteiger partial charge on any atom is -0.354 e. The predicted molar refractivity (Wildman–Crippen MR) is 109 cm³/mol. The summed E-state index contributed by atoms with van der Waals surface area (Å²) in [7, 11) is -3.68. The first-order valence-electron chi connectivity index (χ1n) is 8.99. The average molecular weight is 451 g/mol. The molecule has 1 unspecified atom stereocenters. The Bertz CT molecular complexity index is 913.